The largest absolute Gasteiger partial charge is 0.365 e. The Labute approximate surface area is 183 Å². The van der Waals surface area contributed by atoms with E-state index in [0.717, 1.165) is 22.6 Å². The summed E-state index contributed by atoms with van der Waals surface area (Å²) >= 11 is 0. The zero-order chi connectivity index (χ0) is 22.3. The lowest BCUT2D eigenvalue weighted by molar-refractivity contribution is 0.0257. The summed E-state index contributed by atoms with van der Waals surface area (Å²) in [5.74, 6) is -2.65. The van der Waals surface area contributed by atoms with Gasteiger partial charge in [-0.3, -0.25) is 4.79 Å². The van der Waals surface area contributed by atoms with Crippen LogP contribution >= 0.6 is 0 Å². The summed E-state index contributed by atoms with van der Waals surface area (Å²) in [6, 6.07) is 18.3. The molecule has 0 aliphatic carbocycles. The van der Waals surface area contributed by atoms with Crippen molar-refractivity contribution in [1.82, 2.24) is 19.6 Å². The summed E-state index contributed by atoms with van der Waals surface area (Å²) in [6.45, 7) is 1.96. The molecule has 2 aromatic heterocycles. The first-order chi connectivity index (χ1) is 15.4. The van der Waals surface area contributed by atoms with Crippen molar-refractivity contribution in [2.45, 2.75) is 19.3 Å². The molecule has 5 rings (SSSR count). The number of anilines is 1. The molecule has 1 saturated heterocycles. The third kappa shape index (κ3) is 3.68. The van der Waals surface area contributed by atoms with Crippen LogP contribution in [0.4, 0.5) is 14.5 Å². The van der Waals surface area contributed by atoms with Gasteiger partial charge in [-0.25, -0.2) is 18.1 Å². The first-order valence-electron chi connectivity index (χ1n) is 10.3. The van der Waals surface area contributed by atoms with Crippen molar-refractivity contribution in [3.05, 3.63) is 88.8 Å². The van der Waals surface area contributed by atoms with Crippen LogP contribution in [0.25, 0.3) is 22.8 Å². The smallest absolute Gasteiger partial charge is 0.266 e. The van der Waals surface area contributed by atoms with Crippen LogP contribution in [0.2, 0.25) is 0 Å². The van der Waals surface area contributed by atoms with Crippen LogP contribution in [0.5, 0.6) is 0 Å². The number of aromatic nitrogens is 4. The molecule has 32 heavy (non-hydrogen) atoms. The molecule has 0 saturated carbocycles. The van der Waals surface area contributed by atoms with E-state index in [4.69, 9.17) is 0 Å². The first kappa shape index (κ1) is 20.1. The van der Waals surface area contributed by atoms with Crippen LogP contribution in [-0.2, 0) is 0 Å². The zero-order valence-corrected chi connectivity index (χ0v) is 17.4. The Balaban J connectivity index is 1.52. The molecule has 0 N–H and O–H groups in total. The van der Waals surface area contributed by atoms with Crippen molar-refractivity contribution in [3.8, 4) is 22.8 Å². The Morgan fingerprint density at radius 3 is 2.53 bits per heavy atom. The van der Waals surface area contributed by atoms with E-state index < -0.39 is 5.92 Å². The van der Waals surface area contributed by atoms with E-state index >= 15 is 0 Å². The summed E-state index contributed by atoms with van der Waals surface area (Å²) in [6.07, 6.45) is 3.11. The van der Waals surface area contributed by atoms with Gasteiger partial charge in [-0.1, -0.05) is 18.2 Å². The minimum absolute atomic E-state index is 0.131. The van der Waals surface area contributed by atoms with Crippen molar-refractivity contribution in [3.63, 3.8) is 0 Å². The van der Waals surface area contributed by atoms with Gasteiger partial charge >= 0.3 is 0 Å². The highest BCUT2D eigenvalue weighted by Crippen LogP contribution is 2.32. The van der Waals surface area contributed by atoms with E-state index in [9.17, 15) is 13.6 Å². The van der Waals surface area contributed by atoms with E-state index in [1.165, 1.54) is 6.07 Å². The molecule has 8 heteroatoms. The van der Waals surface area contributed by atoms with E-state index in [1.54, 1.807) is 32.7 Å². The van der Waals surface area contributed by atoms with Gasteiger partial charge in [0.15, 0.2) is 5.69 Å². The molecule has 0 amide bonds. The van der Waals surface area contributed by atoms with Gasteiger partial charge in [0, 0.05) is 30.9 Å². The fraction of sp³-hybridized carbons (Fsp3) is 0.208. The fourth-order valence-corrected chi connectivity index (χ4v) is 4.03. The number of nitrogens with zero attached hydrogens (tertiary/aromatic N) is 5. The molecular weight excluding hydrogens is 412 g/mol. The van der Waals surface area contributed by atoms with Gasteiger partial charge in [0.2, 0.25) is 5.43 Å². The van der Waals surface area contributed by atoms with Crippen LogP contribution in [-0.4, -0.2) is 38.6 Å². The third-order valence-corrected chi connectivity index (χ3v) is 5.66. The fourth-order valence-electron chi connectivity index (χ4n) is 4.03. The summed E-state index contributed by atoms with van der Waals surface area (Å²) in [4.78, 5) is 14.4. The third-order valence-electron chi connectivity index (χ3n) is 5.66. The predicted molar refractivity (Wildman–Crippen MR) is 119 cm³/mol. The molecule has 1 fully saturated rings. The lowest BCUT2D eigenvalue weighted by Gasteiger charge is -2.20. The minimum Gasteiger partial charge on any atom is -0.365 e. The second-order valence-corrected chi connectivity index (χ2v) is 7.94. The average Bonchev–Trinajstić information content (AvgIpc) is 3.41. The van der Waals surface area contributed by atoms with Gasteiger partial charge in [0.1, 0.15) is 0 Å². The molecule has 1 aliphatic rings. The molecular formula is C24H21F2N5O. The molecule has 162 valence electrons. The molecule has 0 bridgehead atoms. The molecule has 4 aromatic rings. The number of aryl methyl sites for hydroxylation is 1. The second-order valence-electron chi connectivity index (χ2n) is 7.94. The summed E-state index contributed by atoms with van der Waals surface area (Å²) < 4.78 is 30.5. The highest BCUT2D eigenvalue weighted by atomic mass is 19.3. The van der Waals surface area contributed by atoms with Crippen LogP contribution in [0, 0.1) is 6.92 Å². The summed E-state index contributed by atoms with van der Waals surface area (Å²) in [5, 5.41) is 8.95. The molecule has 1 aliphatic heterocycles. The number of para-hydroxylation sites is 1. The highest BCUT2D eigenvalue weighted by Gasteiger charge is 2.38. The maximum atomic E-state index is 13.6. The topological polar surface area (TPSA) is 56.0 Å². The van der Waals surface area contributed by atoms with E-state index in [-0.39, 0.29) is 24.1 Å². The van der Waals surface area contributed by atoms with Crippen LogP contribution in [0.15, 0.2) is 77.9 Å². The van der Waals surface area contributed by atoms with E-state index in [2.05, 4.69) is 10.2 Å². The summed E-state index contributed by atoms with van der Waals surface area (Å²) in [5.41, 5.74) is 3.87. The molecule has 0 unspecified atom stereocenters. The normalized spacial score (nSPS) is 15.3. The average molecular weight is 433 g/mol. The molecule has 0 atom stereocenters. The molecule has 0 radical (unpaired) electrons. The number of rotatable bonds is 4. The molecule has 3 heterocycles. The maximum Gasteiger partial charge on any atom is 0.266 e. The van der Waals surface area contributed by atoms with Gasteiger partial charge in [0.05, 0.1) is 29.8 Å². The van der Waals surface area contributed by atoms with E-state index in [1.807, 2.05) is 55.5 Å². The number of hydrogen-bond acceptors (Lipinski definition) is 4. The second kappa shape index (κ2) is 7.71. The summed E-state index contributed by atoms with van der Waals surface area (Å²) in [7, 11) is 0. The monoisotopic (exact) mass is 433 g/mol. The Morgan fingerprint density at radius 2 is 1.81 bits per heavy atom. The van der Waals surface area contributed by atoms with Gasteiger partial charge in [-0.2, -0.15) is 10.2 Å². The van der Waals surface area contributed by atoms with Gasteiger partial charge in [0.25, 0.3) is 5.92 Å². The first-order valence-corrected chi connectivity index (χ1v) is 10.3. The molecule has 6 nitrogen and oxygen atoms in total. The SMILES string of the molecule is Cc1cc(N2CCC(F)(F)C2)ccc1-n1ccc(=O)c(-c2ccnn2-c2ccccc2)n1. The van der Waals surface area contributed by atoms with Crippen molar-refractivity contribution in [2.24, 2.45) is 0 Å². The lowest BCUT2D eigenvalue weighted by Crippen LogP contribution is -2.25. The van der Waals surface area contributed by atoms with Gasteiger partial charge in [-0.05, 0) is 48.9 Å². The number of alkyl halides is 2. The van der Waals surface area contributed by atoms with Crippen LogP contribution in [0.1, 0.15) is 12.0 Å². The van der Waals surface area contributed by atoms with Crippen molar-refractivity contribution >= 4 is 5.69 Å². The quantitative estimate of drug-likeness (QED) is 0.483. The van der Waals surface area contributed by atoms with Gasteiger partial charge < -0.3 is 4.90 Å². The zero-order valence-electron chi connectivity index (χ0n) is 17.4. The maximum absolute atomic E-state index is 13.6. The molecule has 0 spiro atoms. The minimum atomic E-state index is -2.65. The number of hydrogen-bond donors (Lipinski definition) is 0. The van der Waals surface area contributed by atoms with Gasteiger partial charge in [-0.15, -0.1) is 0 Å². The van der Waals surface area contributed by atoms with E-state index in [0.29, 0.717) is 12.2 Å². The Morgan fingerprint density at radius 1 is 1.00 bits per heavy atom. The molecule has 2 aromatic carbocycles. The predicted octanol–water partition coefficient (Wildman–Crippen LogP) is 4.24. The number of halogens is 2. The Bertz CT molecular complexity index is 1330. The number of benzene rings is 2. The highest BCUT2D eigenvalue weighted by molar-refractivity contribution is 5.59. The Hall–Kier alpha value is -3.81. The van der Waals surface area contributed by atoms with Crippen molar-refractivity contribution in [1.29, 1.82) is 0 Å². The lowest BCUT2D eigenvalue weighted by atomic mass is 10.1. The Kier molecular flexibility index (Phi) is 4.84. The van der Waals surface area contributed by atoms with Crippen molar-refractivity contribution in [2.75, 3.05) is 18.0 Å². The standard InChI is InChI=1S/C24H21F2N5O/c1-17-15-19(29-14-11-24(25,26)16-29)7-8-20(17)30-13-10-22(32)23(28-30)21-9-12-27-31(21)18-5-3-2-4-6-18/h2-10,12-13,15H,11,14,16H2,1H3. The van der Waals surface area contributed by atoms with Crippen LogP contribution in [0.3, 0.4) is 0 Å². The van der Waals surface area contributed by atoms with Crippen LogP contribution < -0.4 is 10.3 Å². The van der Waals surface area contributed by atoms with Crippen molar-refractivity contribution < 1.29 is 8.78 Å².